The van der Waals surface area contributed by atoms with Gasteiger partial charge >= 0.3 is 118 Å². The maximum absolute atomic E-state index is 10.1. The van der Waals surface area contributed by atoms with Crippen LogP contribution in [0.15, 0.2) is 0 Å². The maximum atomic E-state index is 10.1. The third kappa shape index (κ3) is 24.1. The Hall–Kier alpha value is 1.84. The predicted molar refractivity (Wildman–Crippen MR) is 44.5 cm³/mol. The number of carbonyl (C=O) groups is 4. The van der Waals surface area contributed by atoms with Gasteiger partial charge in [0.25, 0.3) is 0 Å². The Morgan fingerprint density at radius 3 is 1.09 bits per heavy atom. The number of rotatable bonds is 6. The topological polar surface area (TPSA) is 181 Å². The molecule has 0 spiro atoms. The summed E-state index contributed by atoms with van der Waals surface area (Å²) < 4.78 is 0. The van der Waals surface area contributed by atoms with Gasteiger partial charge in [0.1, 0.15) is 5.60 Å². The van der Waals surface area contributed by atoms with Gasteiger partial charge in [0.2, 0.25) is 0 Å². The second-order valence-electron chi connectivity index (χ2n) is 3.14. The van der Waals surface area contributed by atoms with E-state index in [1.807, 2.05) is 0 Å². The molecule has 0 aromatic carbocycles. The molecular weight excluding hydrogens is 344 g/mol. The fourth-order valence-corrected chi connectivity index (χ4v) is 0.684. The summed E-state index contributed by atoms with van der Waals surface area (Å²) in [7, 11) is 0. The van der Waals surface area contributed by atoms with Crippen LogP contribution in [-0.2, 0) is 19.2 Å². The molecule has 0 saturated carbocycles. The quantitative estimate of drug-likeness (QED) is 0.453. The van der Waals surface area contributed by atoms with Crippen LogP contribution in [0.2, 0.25) is 0 Å². The van der Waals surface area contributed by atoms with Gasteiger partial charge in [0.05, 0.1) is 5.97 Å². The monoisotopic (exact) mass is 354 g/mol. The molecule has 0 aliphatic rings. The standard InChI is InChI=1S/C6H8O7.C3H6O2.4Na/c7-3(8)1-6(13,5(11)12)2-4(9)10;1-2-3(4)5;;;;/h13H,1-2H2,(H,7,8)(H,9,10)(H,11,12);2H2,1H3,(H,4,5);;;;/q;;4*+1/p-4. The van der Waals surface area contributed by atoms with Gasteiger partial charge in [-0.25, -0.2) is 0 Å². The van der Waals surface area contributed by atoms with Crippen molar-refractivity contribution in [2.24, 2.45) is 0 Å². The van der Waals surface area contributed by atoms with E-state index in [2.05, 4.69) is 0 Å². The van der Waals surface area contributed by atoms with Crippen LogP contribution in [0.25, 0.3) is 0 Å². The zero-order chi connectivity index (χ0) is 14.9. The fourth-order valence-electron chi connectivity index (χ4n) is 0.684. The van der Waals surface area contributed by atoms with Gasteiger partial charge in [-0.05, 0) is 6.42 Å². The van der Waals surface area contributed by atoms with Crippen LogP contribution >= 0.6 is 0 Å². The number of carbonyl (C=O) groups excluding carboxylic acids is 4. The number of carboxylic acid groups (broad SMARTS) is 4. The van der Waals surface area contributed by atoms with Gasteiger partial charge < -0.3 is 44.7 Å². The van der Waals surface area contributed by atoms with Crippen LogP contribution < -0.4 is 139 Å². The van der Waals surface area contributed by atoms with Gasteiger partial charge in [-0.15, -0.1) is 0 Å². The van der Waals surface area contributed by atoms with Crippen molar-refractivity contribution in [2.75, 3.05) is 0 Å². The van der Waals surface area contributed by atoms with E-state index < -0.39 is 42.3 Å². The summed E-state index contributed by atoms with van der Waals surface area (Å²) in [5, 5.41) is 48.2. The minimum Gasteiger partial charge on any atom is -0.550 e. The molecule has 0 bridgehead atoms. The van der Waals surface area contributed by atoms with Crippen molar-refractivity contribution < 1.29 is 163 Å². The van der Waals surface area contributed by atoms with Crippen molar-refractivity contribution in [1.29, 1.82) is 0 Å². The third-order valence-electron chi connectivity index (χ3n) is 1.54. The molecule has 9 nitrogen and oxygen atoms in total. The van der Waals surface area contributed by atoms with E-state index in [4.69, 9.17) is 5.11 Å². The van der Waals surface area contributed by atoms with Gasteiger partial charge in [-0.1, -0.05) is 6.92 Å². The number of aliphatic carboxylic acids is 4. The molecule has 0 unspecified atom stereocenters. The number of carboxylic acids is 4. The van der Waals surface area contributed by atoms with Gasteiger partial charge in [-0.2, -0.15) is 0 Å². The van der Waals surface area contributed by atoms with Gasteiger partial charge in [-0.3, -0.25) is 0 Å². The molecule has 22 heavy (non-hydrogen) atoms. The van der Waals surface area contributed by atoms with Crippen molar-refractivity contribution >= 4 is 23.9 Å². The molecule has 0 rings (SSSR count). The van der Waals surface area contributed by atoms with Crippen LogP contribution in [0.1, 0.15) is 26.2 Å². The second-order valence-corrected chi connectivity index (χ2v) is 3.14. The number of hydrogen-bond acceptors (Lipinski definition) is 9. The summed E-state index contributed by atoms with van der Waals surface area (Å²) in [6.45, 7) is 1.54. The first-order chi connectivity index (χ1) is 8.05. The molecule has 13 heteroatoms. The average molecular weight is 354 g/mol. The minimum absolute atomic E-state index is 0. The van der Waals surface area contributed by atoms with Crippen LogP contribution in [-0.4, -0.2) is 34.6 Å². The Morgan fingerprint density at radius 1 is 0.773 bits per heavy atom. The minimum atomic E-state index is -2.97. The van der Waals surface area contributed by atoms with Crippen molar-refractivity contribution in [1.82, 2.24) is 0 Å². The van der Waals surface area contributed by atoms with Crippen LogP contribution in [0.4, 0.5) is 0 Å². The van der Waals surface area contributed by atoms with Gasteiger partial charge in [0, 0.05) is 30.7 Å². The molecule has 0 fully saturated rings. The zero-order valence-electron chi connectivity index (χ0n) is 13.3. The van der Waals surface area contributed by atoms with Crippen LogP contribution in [0, 0.1) is 0 Å². The molecule has 0 aliphatic carbocycles. The molecule has 0 atom stereocenters. The summed E-state index contributed by atoms with van der Waals surface area (Å²) in [5.41, 5.74) is -2.97. The second kappa shape index (κ2) is 20.9. The Kier molecular flexibility index (Phi) is 37.1. The molecule has 0 aromatic heterocycles. The first kappa shape index (κ1) is 39.1. The third-order valence-corrected chi connectivity index (χ3v) is 1.54. The zero-order valence-corrected chi connectivity index (χ0v) is 21.3. The van der Waals surface area contributed by atoms with E-state index in [9.17, 15) is 39.6 Å². The Labute approximate surface area is 215 Å². The predicted octanol–water partition coefficient (Wildman–Crippen LogP) is -18.1. The molecule has 1 N–H and O–H groups in total. The fraction of sp³-hybridized carbons (Fsp3) is 0.556. The average Bonchev–Trinajstić information content (AvgIpc) is 2.15. The molecular formula is C9H10Na4O9. The summed E-state index contributed by atoms with van der Waals surface area (Å²) in [6, 6.07) is 0. The Bertz CT molecular complexity index is 332. The van der Waals surface area contributed by atoms with Crippen LogP contribution in [0.5, 0.6) is 0 Å². The molecule has 0 heterocycles. The summed E-state index contributed by atoms with van der Waals surface area (Å²) >= 11 is 0. The summed E-state index contributed by atoms with van der Waals surface area (Å²) in [6.07, 6.45) is -2.60. The summed E-state index contributed by atoms with van der Waals surface area (Å²) in [4.78, 5) is 39.3. The molecule has 104 valence electrons. The smallest absolute Gasteiger partial charge is 0.550 e. The first-order valence-corrected chi connectivity index (χ1v) is 4.58. The van der Waals surface area contributed by atoms with Crippen molar-refractivity contribution in [3.8, 4) is 0 Å². The van der Waals surface area contributed by atoms with Crippen molar-refractivity contribution in [2.45, 2.75) is 31.8 Å². The molecule has 0 saturated heterocycles. The SMILES string of the molecule is CCC(=O)[O-].O=C([O-])CC(O)(CC(=O)[O-])C(=O)[O-].[Na+].[Na+].[Na+].[Na+]. The Balaban J connectivity index is -0.0000000627. The normalized spacial score (nSPS) is 8.09. The van der Waals surface area contributed by atoms with Crippen molar-refractivity contribution in [3.63, 3.8) is 0 Å². The Morgan fingerprint density at radius 2 is 1.00 bits per heavy atom. The van der Waals surface area contributed by atoms with E-state index in [-0.39, 0.29) is 125 Å². The molecule has 0 amide bonds. The van der Waals surface area contributed by atoms with E-state index in [1.54, 1.807) is 0 Å². The molecule has 0 aromatic rings. The van der Waals surface area contributed by atoms with Crippen molar-refractivity contribution in [3.05, 3.63) is 0 Å². The van der Waals surface area contributed by atoms with Gasteiger partial charge in [0.15, 0.2) is 0 Å². The van der Waals surface area contributed by atoms with E-state index >= 15 is 0 Å². The van der Waals surface area contributed by atoms with E-state index in [1.165, 1.54) is 6.92 Å². The maximum Gasteiger partial charge on any atom is 1.00 e. The molecule has 0 aliphatic heterocycles. The van der Waals surface area contributed by atoms with Crippen LogP contribution in [0.3, 0.4) is 0 Å². The number of hydrogen-bond donors (Lipinski definition) is 1. The number of aliphatic hydroxyl groups is 1. The van der Waals surface area contributed by atoms with E-state index in [0.29, 0.717) is 0 Å². The largest absolute Gasteiger partial charge is 1.00 e. The summed E-state index contributed by atoms with van der Waals surface area (Å²) in [5.74, 6) is -6.98. The van der Waals surface area contributed by atoms with E-state index in [0.717, 1.165) is 0 Å². The molecule has 0 radical (unpaired) electrons. The first-order valence-electron chi connectivity index (χ1n) is 4.58.